The van der Waals surface area contributed by atoms with E-state index in [1.807, 2.05) is 52.2 Å². The van der Waals surface area contributed by atoms with E-state index in [2.05, 4.69) is 15.3 Å². The minimum Gasteiger partial charge on any atom is -0.497 e. The molecule has 0 spiro atoms. The fourth-order valence-corrected chi connectivity index (χ4v) is 5.07. The molecule has 8 heteroatoms. The van der Waals surface area contributed by atoms with Crippen molar-refractivity contribution in [2.24, 2.45) is 11.8 Å². The Hall–Kier alpha value is -3.13. The lowest BCUT2D eigenvalue weighted by Crippen LogP contribution is -2.37. The summed E-state index contributed by atoms with van der Waals surface area (Å²) >= 11 is 0. The van der Waals surface area contributed by atoms with E-state index in [1.54, 1.807) is 20.4 Å². The standard InChI is InChI=1S/C23H27N5O3/c1-30-18-6-3-5-15(9-18)20-14-28(26-25-20)21-10-16-12-27(13-17(16)11-22(21)31-2)23(29)19-7-4-8-24-19/h3-9,14,16-17,21-22,24H,10-13H2,1-2H3/t16-,17+,21-,22-/m1/s1. The van der Waals surface area contributed by atoms with Gasteiger partial charge in [0, 0.05) is 32.0 Å². The lowest BCUT2D eigenvalue weighted by atomic mass is 9.77. The number of hydrogen-bond acceptors (Lipinski definition) is 5. The second-order valence-electron chi connectivity index (χ2n) is 8.44. The highest BCUT2D eigenvalue weighted by molar-refractivity contribution is 5.92. The summed E-state index contributed by atoms with van der Waals surface area (Å²) < 4.78 is 13.1. The molecule has 2 aromatic heterocycles. The van der Waals surface area contributed by atoms with E-state index in [1.165, 1.54) is 0 Å². The largest absolute Gasteiger partial charge is 0.497 e. The van der Waals surface area contributed by atoms with Crippen molar-refractivity contribution < 1.29 is 14.3 Å². The molecule has 3 aromatic rings. The van der Waals surface area contributed by atoms with E-state index in [0.717, 1.165) is 42.9 Å². The first-order chi connectivity index (χ1) is 15.2. The highest BCUT2D eigenvalue weighted by Crippen LogP contribution is 2.42. The van der Waals surface area contributed by atoms with Crippen molar-refractivity contribution in [2.75, 3.05) is 27.3 Å². The summed E-state index contributed by atoms with van der Waals surface area (Å²) in [5.41, 5.74) is 2.43. The number of methoxy groups -OCH3 is 2. The zero-order valence-corrected chi connectivity index (χ0v) is 17.8. The average molecular weight is 422 g/mol. The molecular weight excluding hydrogens is 394 g/mol. The van der Waals surface area contributed by atoms with Gasteiger partial charge >= 0.3 is 0 Å². The van der Waals surface area contributed by atoms with E-state index in [-0.39, 0.29) is 18.1 Å². The van der Waals surface area contributed by atoms with Gasteiger partial charge in [-0.25, -0.2) is 4.68 Å². The highest BCUT2D eigenvalue weighted by atomic mass is 16.5. The van der Waals surface area contributed by atoms with E-state index in [0.29, 0.717) is 17.5 Å². The number of H-pyrrole nitrogens is 1. The van der Waals surface area contributed by atoms with Gasteiger partial charge in [0.05, 0.1) is 25.5 Å². The summed E-state index contributed by atoms with van der Waals surface area (Å²) in [7, 11) is 3.41. The molecule has 1 saturated carbocycles. The Balaban J connectivity index is 1.34. The van der Waals surface area contributed by atoms with Crippen LogP contribution >= 0.6 is 0 Å². The molecule has 5 rings (SSSR count). The number of carbonyl (C=O) groups excluding carboxylic acids is 1. The molecule has 1 aliphatic carbocycles. The van der Waals surface area contributed by atoms with Crippen LogP contribution in [0.25, 0.3) is 11.3 Å². The smallest absolute Gasteiger partial charge is 0.270 e. The maximum atomic E-state index is 12.8. The first kappa shape index (κ1) is 19.8. The van der Waals surface area contributed by atoms with Gasteiger partial charge < -0.3 is 19.4 Å². The molecule has 8 nitrogen and oxygen atoms in total. The second kappa shape index (κ2) is 8.19. The van der Waals surface area contributed by atoms with Gasteiger partial charge in [-0.15, -0.1) is 5.10 Å². The van der Waals surface area contributed by atoms with E-state index in [4.69, 9.17) is 9.47 Å². The van der Waals surface area contributed by atoms with Gasteiger partial charge in [0.15, 0.2) is 0 Å². The zero-order valence-electron chi connectivity index (χ0n) is 17.8. The number of ether oxygens (including phenoxy) is 2. The van der Waals surface area contributed by atoms with Crippen molar-refractivity contribution in [3.63, 3.8) is 0 Å². The van der Waals surface area contributed by atoms with E-state index in [9.17, 15) is 4.79 Å². The summed E-state index contributed by atoms with van der Waals surface area (Å²) in [6.45, 7) is 1.55. The Morgan fingerprint density at radius 2 is 1.97 bits per heavy atom. The molecule has 31 heavy (non-hydrogen) atoms. The number of benzene rings is 1. The summed E-state index contributed by atoms with van der Waals surface area (Å²) in [5, 5.41) is 8.84. The van der Waals surface area contributed by atoms with Crippen LogP contribution in [0.3, 0.4) is 0 Å². The molecule has 1 N–H and O–H groups in total. The van der Waals surface area contributed by atoms with Crippen LogP contribution in [0, 0.1) is 11.8 Å². The third kappa shape index (κ3) is 3.72. The molecule has 0 radical (unpaired) electrons. The predicted octanol–water partition coefficient (Wildman–Crippen LogP) is 3.02. The number of carbonyl (C=O) groups is 1. The number of aromatic amines is 1. The van der Waals surface area contributed by atoms with Gasteiger partial charge in [-0.05, 0) is 48.9 Å². The van der Waals surface area contributed by atoms with Crippen LogP contribution in [0.1, 0.15) is 29.4 Å². The number of aromatic nitrogens is 4. The topological polar surface area (TPSA) is 85.3 Å². The molecule has 2 aliphatic rings. The van der Waals surface area contributed by atoms with Gasteiger partial charge in [-0.2, -0.15) is 0 Å². The molecule has 1 amide bonds. The Labute approximate surface area is 181 Å². The van der Waals surface area contributed by atoms with Crippen molar-refractivity contribution in [1.29, 1.82) is 0 Å². The van der Waals surface area contributed by atoms with Gasteiger partial charge in [0.1, 0.15) is 17.1 Å². The van der Waals surface area contributed by atoms with Crippen molar-refractivity contribution in [1.82, 2.24) is 24.9 Å². The number of fused-ring (bicyclic) bond motifs is 1. The van der Waals surface area contributed by atoms with Gasteiger partial charge in [0.2, 0.25) is 0 Å². The quantitative estimate of drug-likeness (QED) is 0.685. The lowest BCUT2D eigenvalue weighted by molar-refractivity contribution is -0.00545. The Morgan fingerprint density at radius 3 is 2.71 bits per heavy atom. The predicted molar refractivity (Wildman–Crippen MR) is 115 cm³/mol. The fraction of sp³-hybridized carbons (Fsp3) is 0.435. The SMILES string of the molecule is COc1cccc(-c2cn([C@@H]3C[C@@H]4CN(C(=O)c5ccc[nH]5)C[C@@H]4C[C@H]3OC)nn2)c1. The van der Waals surface area contributed by atoms with Gasteiger partial charge in [0.25, 0.3) is 5.91 Å². The maximum Gasteiger partial charge on any atom is 0.270 e. The van der Waals surface area contributed by atoms with Crippen LogP contribution in [0.15, 0.2) is 48.8 Å². The van der Waals surface area contributed by atoms with Crippen molar-refractivity contribution >= 4 is 5.91 Å². The Kier molecular flexibility index (Phi) is 5.23. The third-order valence-corrected chi connectivity index (χ3v) is 6.72. The number of nitrogens with zero attached hydrogens (tertiary/aromatic N) is 4. The van der Waals surface area contributed by atoms with Crippen LogP contribution in [0.5, 0.6) is 5.75 Å². The minimum atomic E-state index is 0.0432. The van der Waals surface area contributed by atoms with Crippen LogP contribution in [-0.4, -0.2) is 64.2 Å². The molecule has 3 heterocycles. The maximum absolute atomic E-state index is 12.8. The molecule has 0 bridgehead atoms. The monoisotopic (exact) mass is 421 g/mol. The number of hydrogen-bond donors (Lipinski definition) is 1. The average Bonchev–Trinajstić information content (AvgIpc) is 3.57. The molecule has 1 aromatic carbocycles. The first-order valence-corrected chi connectivity index (χ1v) is 10.7. The van der Waals surface area contributed by atoms with Gasteiger partial charge in [-0.3, -0.25) is 4.79 Å². The van der Waals surface area contributed by atoms with Crippen LogP contribution < -0.4 is 4.74 Å². The van der Waals surface area contributed by atoms with Crippen molar-refractivity contribution in [2.45, 2.75) is 25.0 Å². The minimum absolute atomic E-state index is 0.0432. The molecule has 4 atom stereocenters. The van der Waals surface area contributed by atoms with Crippen molar-refractivity contribution in [3.8, 4) is 17.0 Å². The molecule has 1 saturated heterocycles. The first-order valence-electron chi connectivity index (χ1n) is 10.7. The van der Waals surface area contributed by atoms with Crippen LogP contribution in [-0.2, 0) is 4.74 Å². The summed E-state index contributed by atoms with van der Waals surface area (Å²) in [5.74, 6) is 1.74. The summed E-state index contributed by atoms with van der Waals surface area (Å²) in [6, 6.07) is 11.6. The normalized spacial score (nSPS) is 25.4. The fourth-order valence-electron chi connectivity index (χ4n) is 5.07. The molecule has 1 aliphatic heterocycles. The van der Waals surface area contributed by atoms with Crippen LogP contribution in [0.4, 0.5) is 0 Å². The third-order valence-electron chi connectivity index (χ3n) is 6.72. The number of amides is 1. The highest BCUT2D eigenvalue weighted by Gasteiger charge is 2.44. The van der Waals surface area contributed by atoms with E-state index < -0.39 is 0 Å². The van der Waals surface area contributed by atoms with Gasteiger partial charge in [-0.1, -0.05) is 17.3 Å². The summed E-state index contributed by atoms with van der Waals surface area (Å²) in [4.78, 5) is 17.8. The zero-order chi connectivity index (χ0) is 21.4. The van der Waals surface area contributed by atoms with Crippen LogP contribution in [0.2, 0.25) is 0 Å². The molecule has 0 unspecified atom stereocenters. The second-order valence-corrected chi connectivity index (χ2v) is 8.44. The Bertz CT molecular complexity index is 1050. The molecule has 162 valence electrons. The number of nitrogens with one attached hydrogen (secondary N) is 1. The molecular formula is C23H27N5O3. The summed E-state index contributed by atoms with van der Waals surface area (Å²) in [6.07, 6.45) is 5.65. The van der Waals surface area contributed by atoms with E-state index >= 15 is 0 Å². The van der Waals surface area contributed by atoms with Crippen molar-refractivity contribution in [3.05, 3.63) is 54.5 Å². The Morgan fingerprint density at radius 1 is 1.13 bits per heavy atom. The molecule has 2 fully saturated rings. The number of likely N-dealkylation sites (tertiary alicyclic amines) is 1. The number of rotatable bonds is 5. The lowest BCUT2D eigenvalue weighted by Gasteiger charge is -2.36.